The molecule has 0 unspecified atom stereocenters. The van der Waals surface area contributed by atoms with Crippen LogP contribution >= 0.6 is 0 Å². The number of urea groups is 1. The van der Waals surface area contributed by atoms with Gasteiger partial charge in [-0.3, -0.25) is 4.98 Å². The first-order valence-electron chi connectivity index (χ1n) is 8.48. The van der Waals surface area contributed by atoms with Crippen LogP contribution in [0.25, 0.3) is 11.5 Å². The van der Waals surface area contributed by atoms with Gasteiger partial charge in [0.25, 0.3) is 0 Å². The van der Waals surface area contributed by atoms with E-state index in [4.69, 9.17) is 0 Å². The lowest BCUT2D eigenvalue weighted by Gasteiger charge is -2.28. The number of alkyl halides is 3. The number of rotatable bonds is 2. The van der Waals surface area contributed by atoms with Crippen LogP contribution in [0, 0.1) is 0 Å². The average Bonchev–Trinajstić information content (AvgIpc) is 3.11. The zero-order chi connectivity index (χ0) is 19.7. The first kappa shape index (κ1) is 18.0. The lowest BCUT2D eigenvalue weighted by molar-refractivity contribution is -0.137. The highest BCUT2D eigenvalue weighted by molar-refractivity contribution is 5.89. The Balaban J connectivity index is 1.53. The highest BCUT2D eigenvalue weighted by atomic mass is 19.4. The van der Waals surface area contributed by atoms with E-state index in [1.165, 1.54) is 0 Å². The molecule has 1 aromatic carbocycles. The van der Waals surface area contributed by atoms with Crippen LogP contribution in [0.5, 0.6) is 0 Å². The first-order chi connectivity index (χ1) is 13.4. The van der Waals surface area contributed by atoms with Crippen molar-refractivity contribution in [3.05, 3.63) is 60.0 Å². The summed E-state index contributed by atoms with van der Waals surface area (Å²) < 4.78 is 40.5. The van der Waals surface area contributed by atoms with Crippen molar-refractivity contribution in [2.75, 3.05) is 11.9 Å². The summed E-state index contributed by atoms with van der Waals surface area (Å²) in [7, 11) is 0. The number of nitrogens with one attached hydrogen (secondary N) is 1. The Labute approximate surface area is 157 Å². The molecule has 144 valence electrons. The van der Waals surface area contributed by atoms with Gasteiger partial charge in [-0.2, -0.15) is 13.2 Å². The van der Waals surface area contributed by atoms with E-state index in [-0.39, 0.29) is 24.1 Å². The number of nitrogens with zero attached hydrogens (tertiary/aromatic N) is 5. The molecule has 0 spiro atoms. The lowest BCUT2D eigenvalue weighted by atomic mass is 10.2. The highest BCUT2D eigenvalue weighted by Gasteiger charge is 2.32. The Kier molecular flexibility index (Phi) is 4.46. The van der Waals surface area contributed by atoms with E-state index in [0.717, 1.165) is 18.3 Å². The standard InChI is InChI=1S/C18H15F3N6O/c19-18(20,21)12-6-7-22-14(10-12)16-25-24-15-11-26(8-9-27(15)16)17(28)23-13-4-2-1-3-5-13/h1-7,10H,8-9,11H2,(H,23,28). The van der Waals surface area contributed by atoms with Crippen LogP contribution in [-0.2, 0) is 19.3 Å². The predicted molar refractivity (Wildman–Crippen MR) is 94.1 cm³/mol. The molecular weight excluding hydrogens is 373 g/mol. The van der Waals surface area contributed by atoms with Crippen molar-refractivity contribution < 1.29 is 18.0 Å². The lowest BCUT2D eigenvalue weighted by Crippen LogP contribution is -2.41. The molecule has 2 amide bonds. The number of halogens is 3. The molecule has 0 bridgehead atoms. The van der Waals surface area contributed by atoms with E-state index < -0.39 is 11.7 Å². The van der Waals surface area contributed by atoms with E-state index in [1.807, 2.05) is 18.2 Å². The number of amides is 2. The largest absolute Gasteiger partial charge is 0.416 e. The number of hydrogen-bond acceptors (Lipinski definition) is 4. The molecule has 2 aromatic heterocycles. The van der Waals surface area contributed by atoms with E-state index in [2.05, 4.69) is 20.5 Å². The Hall–Kier alpha value is -3.43. The van der Waals surface area contributed by atoms with Crippen molar-refractivity contribution in [2.24, 2.45) is 0 Å². The molecule has 0 atom stereocenters. The minimum Gasteiger partial charge on any atom is -0.315 e. The zero-order valence-electron chi connectivity index (χ0n) is 14.5. The van der Waals surface area contributed by atoms with Crippen molar-refractivity contribution in [2.45, 2.75) is 19.3 Å². The van der Waals surface area contributed by atoms with Crippen LogP contribution in [0.1, 0.15) is 11.4 Å². The van der Waals surface area contributed by atoms with Crippen molar-refractivity contribution in [3.8, 4) is 11.5 Å². The summed E-state index contributed by atoms with van der Waals surface area (Å²) in [5, 5.41) is 10.8. The molecule has 0 saturated heterocycles. The second-order valence-corrected chi connectivity index (χ2v) is 6.24. The Morgan fingerprint density at radius 3 is 2.61 bits per heavy atom. The van der Waals surface area contributed by atoms with Crippen LogP contribution in [0.3, 0.4) is 0 Å². The summed E-state index contributed by atoms with van der Waals surface area (Å²) in [4.78, 5) is 18.0. The predicted octanol–water partition coefficient (Wildman–Crippen LogP) is 3.41. The molecular formula is C18H15F3N6O. The Morgan fingerprint density at radius 2 is 1.86 bits per heavy atom. The van der Waals surface area contributed by atoms with Crippen LogP contribution in [0.15, 0.2) is 48.7 Å². The number of benzene rings is 1. The number of anilines is 1. The van der Waals surface area contributed by atoms with Crippen molar-refractivity contribution in [3.63, 3.8) is 0 Å². The fourth-order valence-corrected chi connectivity index (χ4v) is 2.97. The van der Waals surface area contributed by atoms with E-state index in [0.29, 0.717) is 24.6 Å². The van der Waals surface area contributed by atoms with Gasteiger partial charge in [-0.05, 0) is 24.3 Å². The third-order valence-electron chi connectivity index (χ3n) is 4.38. The normalized spacial score (nSPS) is 13.9. The maximum Gasteiger partial charge on any atom is 0.416 e. The number of carbonyl (C=O) groups is 1. The number of hydrogen-bond donors (Lipinski definition) is 1. The molecule has 1 aliphatic heterocycles. The minimum atomic E-state index is -4.46. The smallest absolute Gasteiger partial charge is 0.315 e. The molecule has 4 rings (SSSR count). The van der Waals surface area contributed by atoms with Crippen LogP contribution < -0.4 is 5.32 Å². The van der Waals surface area contributed by atoms with Gasteiger partial charge in [0.2, 0.25) is 0 Å². The quantitative estimate of drug-likeness (QED) is 0.730. The van der Waals surface area contributed by atoms with E-state index in [1.54, 1.807) is 21.6 Å². The highest BCUT2D eigenvalue weighted by Crippen LogP contribution is 2.31. The minimum absolute atomic E-state index is 0.0933. The number of aromatic nitrogens is 4. The van der Waals surface area contributed by atoms with Gasteiger partial charge in [-0.25, -0.2) is 4.79 Å². The zero-order valence-corrected chi connectivity index (χ0v) is 14.5. The molecule has 1 aliphatic rings. The summed E-state index contributed by atoms with van der Waals surface area (Å²) in [5.41, 5.74) is -0.0290. The van der Waals surface area contributed by atoms with Gasteiger partial charge in [0.15, 0.2) is 11.6 Å². The summed E-state index contributed by atoms with van der Waals surface area (Å²) in [6.07, 6.45) is -3.36. The van der Waals surface area contributed by atoms with Gasteiger partial charge >= 0.3 is 12.2 Å². The van der Waals surface area contributed by atoms with Crippen molar-refractivity contribution >= 4 is 11.7 Å². The van der Waals surface area contributed by atoms with Crippen LogP contribution in [0.2, 0.25) is 0 Å². The van der Waals surface area contributed by atoms with Gasteiger partial charge in [0.05, 0.1) is 12.1 Å². The maximum absolute atomic E-state index is 12.9. The summed E-state index contributed by atoms with van der Waals surface area (Å²) in [5.74, 6) is 0.743. The molecule has 10 heteroatoms. The van der Waals surface area contributed by atoms with Gasteiger partial charge < -0.3 is 14.8 Å². The Bertz CT molecular complexity index is 1000. The first-order valence-corrected chi connectivity index (χ1v) is 8.48. The molecule has 28 heavy (non-hydrogen) atoms. The SMILES string of the molecule is O=C(Nc1ccccc1)N1CCn2c(nnc2-c2cc(C(F)(F)F)ccn2)C1. The molecule has 1 N–H and O–H groups in total. The van der Waals surface area contributed by atoms with Crippen molar-refractivity contribution in [1.29, 1.82) is 0 Å². The molecule has 7 nitrogen and oxygen atoms in total. The second kappa shape index (κ2) is 6.95. The van der Waals surface area contributed by atoms with Crippen LogP contribution in [0.4, 0.5) is 23.7 Å². The average molecular weight is 388 g/mol. The summed E-state index contributed by atoms with van der Waals surface area (Å²) >= 11 is 0. The molecule has 0 radical (unpaired) electrons. The van der Waals surface area contributed by atoms with Gasteiger partial charge in [-0.1, -0.05) is 18.2 Å². The van der Waals surface area contributed by atoms with E-state index in [9.17, 15) is 18.0 Å². The van der Waals surface area contributed by atoms with Gasteiger partial charge in [-0.15, -0.1) is 10.2 Å². The topological polar surface area (TPSA) is 75.9 Å². The number of fused-ring (bicyclic) bond motifs is 1. The molecule has 3 heterocycles. The molecule has 0 fully saturated rings. The third kappa shape index (κ3) is 3.53. The van der Waals surface area contributed by atoms with E-state index >= 15 is 0 Å². The number of carbonyl (C=O) groups excluding carboxylic acids is 1. The van der Waals surface area contributed by atoms with Gasteiger partial charge in [0, 0.05) is 25.0 Å². The summed E-state index contributed by atoms with van der Waals surface area (Å²) in [6.45, 7) is 0.929. The maximum atomic E-state index is 12.9. The fourth-order valence-electron chi connectivity index (χ4n) is 2.97. The second-order valence-electron chi connectivity index (χ2n) is 6.24. The number of para-hydroxylation sites is 1. The monoisotopic (exact) mass is 388 g/mol. The molecule has 3 aromatic rings. The molecule has 0 saturated carbocycles. The van der Waals surface area contributed by atoms with Crippen molar-refractivity contribution in [1.82, 2.24) is 24.6 Å². The van der Waals surface area contributed by atoms with Crippen LogP contribution in [-0.4, -0.2) is 37.2 Å². The molecule has 0 aliphatic carbocycles. The third-order valence-corrected chi connectivity index (χ3v) is 4.38. The fraction of sp³-hybridized carbons (Fsp3) is 0.222. The Morgan fingerprint density at radius 1 is 1.07 bits per heavy atom. The summed E-state index contributed by atoms with van der Waals surface area (Å²) in [6, 6.07) is 10.6. The van der Waals surface area contributed by atoms with Gasteiger partial charge in [0.1, 0.15) is 5.69 Å². The number of pyridine rings is 1.